The zero-order chi connectivity index (χ0) is 20.2. The first-order valence-corrected chi connectivity index (χ1v) is 8.98. The number of benzene rings is 2. The van der Waals surface area contributed by atoms with Crippen LogP contribution in [0.25, 0.3) is 11.4 Å². The second-order valence-electron chi connectivity index (χ2n) is 6.50. The molecule has 4 aromatic rings. The van der Waals surface area contributed by atoms with Crippen molar-refractivity contribution in [3.8, 4) is 11.4 Å². The number of hydrogen-bond donors (Lipinski definition) is 1. The molecule has 0 saturated heterocycles. The van der Waals surface area contributed by atoms with Crippen molar-refractivity contribution in [3.63, 3.8) is 0 Å². The van der Waals surface area contributed by atoms with Gasteiger partial charge in [0, 0.05) is 29.2 Å². The summed E-state index contributed by atoms with van der Waals surface area (Å²) in [7, 11) is 0. The van der Waals surface area contributed by atoms with Gasteiger partial charge in [0.1, 0.15) is 5.82 Å². The number of anilines is 1. The van der Waals surface area contributed by atoms with Gasteiger partial charge in [0.15, 0.2) is 0 Å². The Morgan fingerprint density at radius 1 is 1.10 bits per heavy atom. The van der Waals surface area contributed by atoms with E-state index < -0.39 is 5.82 Å². The lowest BCUT2D eigenvalue weighted by Crippen LogP contribution is -2.14. The van der Waals surface area contributed by atoms with E-state index in [0.717, 1.165) is 11.1 Å². The van der Waals surface area contributed by atoms with Gasteiger partial charge in [-0.1, -0.05) is 29.4 Å². The minimum Gasteiger partial charge on any atom is -0.339 e. The Morgan fingerprint density at radius 2 is 1.90 bits per heavy atom. The van der Waals surface area contributed by atoms with Crippen LogP contribution < -0.4 is 5.32 Å². The van der Waals surface area contributed by atoms with Crippen LogP contribution in [0.4, 0.5) is 10.1 Å². The number of halogens is 1. The Bertz CT molecular complexity index is 1160. The van der Waals surface area contributed by atoms with Crippen molar-refractivity contribution < 1.29 is 13.7 Å². The van der Waals surface area contributed by atoms with E-state index in [4.69, 9.17) is 4.52 Å². The normalized spacial score (nSPS) is 10.7. The van der Waals surface area contributed by atoms with E-state index in [1.807, 2.05) is 18.2 Å². The molecule has 0 aliphatic heterocycles. The molecule has 0 aliphatic carbocycles. The number of para-hydroxylation sites is 1. The van der Waals surface area contributed by atoms with Gasteiger partial charge in [-0.3, -0.25) is 9.78 Å². The molecule has 0 aliphatic rings. The van der Waals surface area contributed by atoms with Crippen LogP contribution in [0, 0.1) is 12.7 Å². The van der Waals surface area contributed by atoms with Crippen LogP contribution in [-0.4, -0.2) is 21.0 Å². The zero-order valence-electron chi connectivity index (χ0n) is 15.6. The van der Waals surface area contributed by atoms with Crippen LogP contribution in [0.1, 0.15) is 27.4 Å². The summed E-state index contributed by atoms with van der Waals surface area (Å²) in [5.74, 6) is 0.0822. The molecular formula is C22H17FN4O2. The fourth-order valence-electron chi connectivity index (χ4n) is 2.83. The van der Waals surface area contributed by atoms with Crippen molar-refractivity contribution in [1.82, 2.24) is 15.1 Å². The number of pyridine rings is 1. The van der Waals surface area contributed by atoms with Crippen molar-refractivity contribution in [2.45, 2.75) is 13.3 Å². The van der Waals surface area contributed by atoms with Crippen LogP contribution in [0.3, 0.4) is 0 Å². The van der Waals surface area contributed by atoms with Gasteiger partial charge in [0.25, 0.3) is 5.91 Å². The number of amides is 1. The van der Waals surface area contributed by atoms with Gasteiger partial charge in [0.05, 0.1) is 6.42 Å². The second-order valence-corrected chi connectivity index (χ2v) is 6.50. The van der Waals surface area contributed by atoms with Crippen molar-refractivity contribution in [2.24, 2.45) is 0 Å². The molecule has 2 aromatic heterocycles. The van der Waals surface area contributed by atoms with Crippen LogP contribution in [0.15, 0.2) is 71.5 Å². The van der Waals surface area contributed by atoms with Gasteiger partial charge in [-0.05, 0) is 48.4 Å². The topological polar surface area (TPSA) is 80.9 Å². The molecule has 7 heteroatoms. The summed E-state index contributed by atoms with van der Waals surface area (Å²) in [6, 6.07) is 15.3. The first-order chi connectivity index (χ1) is 14.1. The molecule has 0 radical (unpaired) electrons. The minimum absolute atomic E-state index is 0.251. The lowest BCUT2D eigenvalue weighted by Gasteiger charge is -2.10. The molecule has 2 aromatic carbocycles. The summed E-state index contributed by atoms with van der Waals surface area (Å²) in [6.07, 6.45) is 3.66. The maximum Gasteiger partial charge on any atom is 0.255 e. The van der Waals surface area contributed by atoms with Gasteiger partial charge in [-0.15, -0.1) is 0 Å². The molecule has 0 atom stereocenters. The van der Waals surface area contributed by atoms with E-state index in [2.05, 4.69) is 20.4 Å². The summed E-state index contributed by atoms with van der Waals surface area (Å²) in [5.41, 5.74) is 2.95. The van der Waals surface area contributed by atoms with E-state index in [-0.39, 0.29) is 11.5 Å². The SMILES string of the molecule is Cc1ccc(C(=O)Nc2ccccc2Cc2nc(-c3ccncc3)no2)cc1F. The first kappa shape index (κ1) is 18.5. The number of carbonyl (C=O) groups excluding carboxylic acids is 1. The highest BCUT2D eigenvalue weighted by molar-refractivity contribution is 6.04. The van der Waals surface area contributed by atoms with Crippen molar-refractivity contribution in [1.29, 1.82) is 0 Å². The number of carbonyl (C=O) groups is 1. The summed E-state index contributed by atoms with van der Waals surface area (Å²) >= 11 is 0. The summed E-state index contributed by atoms with van der Waals surface area (Å²) in [4.78, 5) is 20.9. The average molecular weight is 388 g/mol. The monoisotopic (exact) mass is 388 g/mol. The van der Waals surface area contributed by atoms with Crippen molar-refractivity contribution in [2.75, 3.05) is 5.32 Å². The van der Waals surface area contributed by atoms with Gasteiger partial charge < -0.3 is 9.84 Å². The van der Waals surface area contributed by atoms with Crippen LogP contribution in [-0.2, 0) is 6.42 Å². The third kappa shape index (κ3) is 4.19. The van der Waals surface area contributed by atoms with E-state index in [1.54, 1.807) is 49.6 Å². The smallest absolute Gasteiger partial charge is 0.255 e. The third-order valence-electron chi connectivity index (χ3n) is 4.45. The van der Waals surface area contributed by atoms with Crippen molar-refractivity contribution >= 4 is 11.6 Å². The third-order valence-corrected chi connectivity index (χ3v) is 4.45. The largest absolute Gasteiger partial charge is 0.339 e. The van der Waals surface area contributed by atoms with E-state index in [9.17, 15) is 9.18 Å². The predicted molar refractivity (Wildman–Crippen MR) is 106 cm³/mol. The van der Waals surface area contributed by atoms with Gasteiger partial charge >= 0.3 is 0 Å². The predicted octanol–water partition coefficient (Wildman–Crippen LogP) is 4.42. The Hall–Kier alpha value is -3.87. The Balaban J connectivity index is 1.53. The summed E-state index contributed by atoms with van der Waals surface area (Å²) < 4.78 is 19.1. The lowest BCUT2D eigenvalue weighted by atomic mass is 10.1. The Kier molecular flexibility index (Phi) is 5.11. The van der Waals surface area contributed by atoms with E-state index in [1.165, 1.54) is 6.07 Å². The molecule has 6 nitrogen and oxygen atoms in total. The molecule has 0 fully saturated rings. The molecule has 1 amide bonds. The molecule has 0 unspecified atom stereocenters. The molecule has 2 heterocycles. The van der Waals surface area contributed by atoms with Gasteiger partial charge in [-0.2, -0.15) is 4.98 Å². The van der Waals surface area contributed by atoms with Crippen molar-refractivity contribution in [3.05, 3.63) is 95.4 Å². The fraction of sp³-hybridized carbons (Fsp3) is 0.0909. The molecule has 144 valence electrons. The highest BCUT2D eigenvalue weighted by Gasteiger charge is 2.14. The second kappa shape index (κ2) is 8.02. The first-order valence-electron chi connectivity index (χ1n) is 8.98. The lowest BCUT2D eigenvalue weighted by molar-refractivity contribution is 0.102. The summed E-state index contributed by atoms with van der Waals surface area (Å²) in [6.45, 7) is 1.65. The molecular weight excluding hydrogens is 371 g/mol. The van der Waals surface area contributed by atoms with Crippen LogP contribution in [0.5, 0.6) is 0 Å². The molecule has 0 bridgehead atoms. The highest BCUT2D eigenvalue weighted by atomic mass is 19.1. The number of hydrogen-bond acceptors (Lipinski definition) is 5. The average Bonchev–Trinajstić information content (AvgIpc) is 3.21. The highest BCUT2D eigenvalue weighted by Crippen LogP contribution is 2.21. The number of nitrogens with zero attached hydrogens (tertiary/aromatic N) is 3. The maximum absolute atomic E-state index is 13.8. The number of aromatic nitrogens is 3. The number of aryl methyl sites for hydroxylation is 1. The van der Waals surface area contributed by atoms with Gasteiger partial charge in [-0.25, -0.2) is 4.39 Å². The summed E-state index contributed by atoms with van der Waals surface area (Å²) in [5, 5.41) is 6.82. The number of rotatable bonds is 5. The van der Waals surface area contributed by atoms with Gasteiger partial charge in [0.2, 0.25) is 11.7 Å². The maximum atomic E-state index is 13.8. The van der Waals surface area contributed by atoms with Crippen LogP contribution in [0.2, 0.25) is 0 Å². The quantitative estimate of drug-likeness (QED) is 0.547. The van der Waals surface area contributed by atoms with Crippen LogP contribution >= 0.6 is 0 Å². The molecule has 0 spiro atoms. The standard InChI is InChI=1S/C22H17FN4O2/c1-14-6-7-17(12-18(14)23)22(28)25-19-5-3-2-4-16(19)13-20-26-21(27-29-20)15-8-10-24-11-9-15/h2-12H,13H2,1H3,(H,25,28). The Morgan fingerprint density at radius 3 is 2.69 bits per heavy atom. The molecule has 0 saturated carbocycles. The Labute approximate surface area is 166 Å². The number of nitrogens with one attached hydrogen (secondary N) is 1. The van der Waals surface area contributed by atoms with E-state index in [0.29, 0.717) is 29.4 Å². The molecule has 4 rings (SSSR count). The molecule has 29 heavy (non-hydrogen) atoms. The van der Waals surface area contributed by atoms with E-state index >= 15 is 0 Å². The molecule has 1 N–H and O–H groups in total. The fourth-order valence-corrected chi connectivity index (χ4v) is 2.83. The zero-order valence-corrected chi connectivity index (χ0v) is 15.6. The minimum atomic E-state index is -0.416.